The molecule has 57 heavy (non-hydrogen) atoms. The molecule has 2 unspecified atom stereocenters. The molecule has 1 aromatic carbocycles. The molecule has 2 N–H and O–H groups in total. The van der Waals surface area contributed by atoms with E-state index in [1.165, 1.54) is 6.92 Å². The van der Waals surface area contributed by atoms with Crippen molar-refractivity contribution >= 4 is 29.7 Å². The predicted molar refractivity (Wildman–Crippen MR) is 207 cm³/mol. The normalized spacial score (nSPS) is 40.6. The Morgan fingerprint density at radius 2 is 1.68 bits per heavy atom. The molecule has 1 aromatic rings. The molecule has 0 aromatic heterocycles. The molecule has 15 atom stereocenters. The van der Waals surface area contributed by atoms with Crippen LogP contribution in [-0.2, 0) is 47.5 Å². The van der Waals surface area contributed by atoms with Crippen molar-refractivity contribution in [1.82, 2.24) is 15.5 Å². The molecule has 15 heteroatoms. The number of hydrogen-bond donors (Lipinski definition) is 2. The second-order valence-corrected chi connectivity index (χ2v) is 17.1. The molecule has 4 fully saturated rings. The first-order chi connectivity index (χ1) is 26.8. The molecule has 0 saturated carbocycles. The lowest BCUT2D eigenvalue weighted by molar-refractivity contribution is -0.304. The van der Waals surface area contributed by atoms with Crippen LogP contribution < -0.4 is 10.6 Å². The molecule has 318 valence electrons. The van der Waals surface area contributed by atoms with Gasteiger partial charge in [-0.1, -0.05) is 45.9 Å². The van der Waals surface area contributed by atoms with Crippen molar-refractivity contribution in [2.45, 2.75) is 148 Å². The number of likely N-dealkylation sites (N-methyl/N-ethyl adjacent to an activating group) is 1. The average Bonchev–Trinajstić information content (AvgIpc) is 3.49. The van der Waals surface area contributed by atoms with Crippen LogP contribution in [-0.4, -0.2) is 128 Å². The van der Waals surface area contributed by atoms with E-state index >= 15 is 0 Å². The van der Waals surface area contributed by atoms with Gasteiger partial charge < -0.3 is 48.7 Å². The van der Waals surface area contributed by atoms with E-state index in [2.05, 4.69) is 10.6 Å². The average molecular weight is 802 g/mol. The fourth-order valence-corrected chi connectivity index (χ4v) is 9.37. The summed E-state index contributed by atoms with van der Waals surface area (Å²) < 4.78 is 45.1. The summed E-state index contributed by atoms with van der Waals surface area (Å²) in [6.07, 6.45) is -4.63. The molecule has 5 rings (SSSR count). The van der Waals surface area contributed by atoms with Crippen LogP contribution in [0.5, 0.6) is 0 Å². The number of hydrogen-bond acceptors (Lipinski definition) is 13. The molecule has 4 aliphatic rings. The Morgan fingerprint density at radius 3 is 2.32 bits per heavy atom. The van der Waals surface area contributed by atoms with Crippen molar-refractivity contribution < 1.29 is 57.1 Å². The highest BCUT2D eigenvalue weighted by Gasteiger charge is 2.58. The van der Waals surface area contributed by atoms with Gasteiger partial charge in [-0.05, 0) is 73.2 Å². The van der Waals surface area contributed by atoms with Gasteiger partial charge in [0.25, 0.3) is 5.91 Å². The summed E-state index contributed by atoms with van der Waals surface area (Å²) >= 11 is 0. The molecule has 2 amide bonds. The molecular formula is C42H63N3O12. The lowest BCUT2D eigenvalue weighted by atomic mass is 9.73. The number of cyclic esters (lactones) is 1. The van der Waals surface area contributed by atoms with E-state index in [1.54, 1.807) is 45.0 Å². The van der Waals surface area contributed by atoms with Gasteiger partial charge in [0.05, 0.1) is 61.2 Å². The van der Waals surface area contributed by atoms with E-state index < -0.39 is 95.7 Å². The number of amides is 2. The summed E-state index contributed by atoms with van der Waals surface area (Å²) in [5.74, 6) is -4.59. The monoisotopic (exact) mass is 801 g/mol. The van der Waals surface area contributed by atoms with Crippen LogP contribution in [0.2, 0.25) is 0 Å². The van der Waals surface area contributed by atoms with Crippen LogP contribution in [0.25, 0.3) is 0 Å². The minimum atomic E-state index is -1.35. The van der Waals surface area contributed by atoms with Gasteiger partial charge in [0.15, 0.2) is 18.0 Å². The van der Waals surface area contributed by atoms with E-state index in [0.717, 1.165) is 0 Å². The lowest BCUT2D eigenvalue weighted by Gasteiger charge is -2.49. The SMILES string of the molecule is CC[C@H]1OC(=O)[C@H](C)[C@H]2OCC(NC(=O)c3ccccc3)CO[C@](C)(C[C@@H](C)C(=O)[C@H](C)[C@H]3NC(=O)O[C@@]31C)[C@H](OC1O[C@H](C)C[C@H](N(C)C)[C@H]1OC(C)=O)[C@H]2C. The third-order valence-corrected chi connectivity index (χ3v) is 12.4. The molecule has 15 nitrogen and oxygen atoms in total. The molecule has 4 heterocycles. The molecule has 0 aliphatic carbocycles. The highest BCUT2D eigenvalue weighted by atomic mass is 16.7. The lowest BCUT2D eigenvalue weighted by Crippen LogP contribution is -2.61. The minimum Gasteiger partial charge on any atom is -0.458 e. The van der Waals surface area contributed by atoms with Crippen molar-refractivity contribution in [3.05, 3.63) is 35.9 Å². The Labute approximate surface area is 336 Å². The van der Waals surface area contributed by atoms with Crippen LogP contribution in [0.1, 0.15) is 91.9 Å². The number of nitrogens with one attached hydrogen (secondary N) is 2. The molecule has 4 aliphatic heterocycles. The Bertz CT molecular complexity index is 1610. The third-order valence-electron chi connectivity index (χ3n) is 12.4. The zero-order valence-corrected chi connectivity index (χ0v) is 35.3. The number of nitrogens with zero attached hydrogens (tertiary/aromatic N) is 1. The zero-order valence-electron chi connectivity index (χ0n) is 35.3. The molecule has 4 saturated heterocycles. The topological polar surface area (TPSA) is 177 Å². The van der Waals surface area contributed by atoms with Crippen molar-refractivity contribution in [3.8, 4) is 0 Å². The fraction of sp³-hybridized carbons (Fsp3) is 0.738. The van der Waals surface area contributed by atoms with Crippen molar-refractivity contribution in [2.75, 3.05) is 27.3 Å². The largest absolute Gasteiger partial charge is 0.458 e. The first-order valence-corrected chi connectivity index (χ1v) is 20.3. The number of esters is 2. The van der Waals surface area contributed by atoms with Crippen LogP contribution in [0.15, 0.2) is 30.3 Å². The molecule has 0 spiro atoms. The second-order valence-electron chi connectivity index (χ2n) is 17.1. The quantitative estimate of drug-likeness (QED) is 0.299. The highest BCUT2D eigenvalue weighted by Crippen LogP contribution is 2.42. The number of rotatable bonds is 7. The van der Waals surface area contributed by atoms with Gasteiger partial charge in [0, 0.05) is 30.2 Å². The number of fused-ring (bicyclic) bond motifs is 4. The maximum Gasteiger partial charge on any atom is 0.408 e. The van der Waals surface area contributed by atoms with Gasteiger partial charge in [0.2, 0.25) is 0 Å². The number of alkyl carbamates (subject to hydrolysis) is 1. The number of ether oxygens (including phenoxy) is 7. The van der Waals surface area contributed by atoms with E-state index in [0.29, 0.717) is 18.4 Å². The maximum absolute atomic E-state index is 14.6. The summed E-state index contributed by atoms with van der Waals surface area (Å²) in [7, 11) is 3.80. The van der Waals surface area contributed by atoms with E-state index in [9.17, 15) is 24.0 Å². The van der Waals surface area contributed by atoms with Gasteiger partial charge in [-0.3, -0.25) is 19.2 Å². The van der Waals surface area contributed by atoms with Crippen LogP contribution >= 0.6 is 0 Å². The number of Topliss-reactive ketones (excluding diaryl/α,β-unsaturated/α-hetero) is 1. The van der Waals surface area contributed by atoms with Crippen molar-refractivity contribution in [3.63, 3.8) is 0 Å². The molecular weight excluding hydrogens is 738 g/mol. The Hall–Kier alpha value is -3.63. The number of ketones is 1. The molecule has 2 bridgehead atoms. The first kappa shape index (κ1) is 44.5. The zero-order chi connectivity index (χ0) is 42.0. The smallest absolute Gasteiger partial charge is 0.408 e. The van der Waals surface area contributed by atoms with E-state index in [4.69, 9.17) is 33.2 Å². The Kier molecular flexibility index (Phi) is 14.1. The Morgan fingerprint density at radius 1 is 1.00 bits per heavy atom. The summed E-state index contributed by atoms with van der Waals surface area (Å²) in [5, 5.41) is 5.88. The molecule has 0 radical (unpaired) electrons. The minimum absolute atomic E-state index is 0.0339. The van der Waals surface area contributed by atoms with Gasteiger partial charge in [-0.2, -0.15) is 0 Å². The summed E-state index contributed by atoms with van der Waals surface area (Å²) in [6, 6.07) is 7.02. The van der Waals surface area contributed by atoms with Crippen molar-refractivity contribution in [1.29, 1.82) is 0 Å². The number of carbonyl (C=O) groups is 5. The van der Waals surface area contributed by atoms with E-state index in [-0.39, 0.29) is 43.5 Å². The van der Waals surface area contributed by atoms with Gasteiger partial charge in [-0.15, -0.1) is 0 Å². The Balaban J connectivity index is 1.64. The fourth-order valence-electron chi connectivity index (χ4n) is 9.37. The summed E-state index contributed by atoms with van der Waals surface area (Å²) in [5.41, 5.74) is -2.20. The van der Waals surface area contributed by atoms with Gasteiger partial charge >= 0.3 is 18.0 Å². The van der Waals surface area contributed by atoms with Crippen molar-refractivity contribution in [2.24, 2.45) is 23.7 Å². The number of benzene rings is 1. The summed E-state index contributed by atoms with van der Waals surface area (Å²) in [6.45, 7) is 15.7. The summed E-state index contributed by atoms with van der Waals surface area (Å²) in [4.78, 5) is 69.8. The van der Waals surface area contributed by atoms with Crippen LogP contribution in [0, 0.1) is 23.7 Å². The van der Waals surface area contributed by atoms with Gasteiger partial charge in [0.1, 0.15) is 11.9 Å². The standard InChI is InChI=1S/C42H63N3O12/c1-12-31-42(9)35(44-40(50)57-42)24(4)32(47)22(2)19-41(8)36(56-39-34(54-27(7)46)30(45(10)11)18-23(3)53-39)25(5)33(26(6)38(49)55-31)51-20-29(21-52-41)43-37(48)28-16-14-13-15-17-28/h13-17,22-26,29-31,33-36,39H,12,18-21H2,1-11H3,(H,43,48)(H,44,50)/t22-,23-,24+,25+,26-,29?,30+,31-,33+,34-,35-,36-,39?,41-,42-/m1/s1. The van der Waals surface area contributed by atoms with Gasteiger partial charge in [-0.25, -0.2) is 4.79 Å². The first-order valence-electron chi connectivity index (χ1n) is 20.3. The van der Waals surface area contributed by atoms with Crippen LogP contribution in [0.4, 0.5) is 4.79 Å². The second kappa shape index (κ2) is 18.1. The highest BCUT2D eigenvalue weighted by molar-refractivity contribution is 5.94. The maximum atomic E-state index is 14.6. The van der Waals surface area contributed by atoms with E-state index in [1.807, 2.05) is 59.7 Å². The number of carbonyl (C=O) groups excluding carboxylic acids is 5. The third kappa shape index (κ3) is 9.65. The van der Waals surface area contributed by atoms with Crippen LogP contribution in [0.3, 0.4) is 0 Å². The predicted octanol–water partition coefficient (Wildman–Crippen LogP) is 4.05.